The fourth-order valence-electron chi connectivity index (χ4n) is 3.85. The van der Waals surface area contributed by atoms with Crippen LogP contribution in [0.3, 0.4) is 0 Å². The number of carbonyl (C=O) groups excluding carboxylic acids is 1. The van der Waals surface area contributed by atoms with E-state index in [0.717, 1.165) is 18.4 Å². The van der Waals surface area contributed by atoms with Crippen LogP contribution in [0.2, 0.25) is 0 Å². The van der Waals surface area contributed by atoms with E-state index in [1.807, 2.05) is 23.1 Å². The van der Waals surface area contributed by atoms with Crippen LogP contribution in [0, 0.1) is 5.92 Å². The highest BCUT2D eigenvalue weighted by Crippen LogP contribution is 2.37. The van der Waals surface area contributed by atoms with Gasteiger partial charge in [-0.2, -0.15) is 0 Å². The summed E-state index contributed by atoms with van der Waals surface area (Å²) in [7, 11) is 0. The molecule has 1 N–H and O–H groups in total. The van der Waals surface area contributed by atoms with Crippen LogP contribution in [0.5, 0.6) is 17.2 Å². The molecule has 0 unspecified atom stereocenters. The average molecular weight is 395 g/mol. The van der Waals surface area contributed by atoms with Gasteiger partial charge >= 0.3 is 0 Å². The maximum Gasteiger partial charge on any atom is 0.253 e. The Morgan fingerprint density at radius 3 is 2.83 bits per heavy atom. The number of hydrogen-bond donors (Lipinski definition) is 1. The Hall–Kier alpha value is -2.99. The lowest BCUT2D eigenvalue weighted by molar-refractivity contribution is 0.0400. The van der Waals surface area contributed by atoms with E-state index in [9.17, 15) is 9.90 Å². The zero-order valence-electron chi connectivity index (χ0n) is 16.3. The van der Waals surface area contributed by atoms with Crippen LogP contribution in [0.4, 0.5) is 0 Å². The molecule has 29 heavy (non-hydrogen) atoms. The smallest absolute Gasteiger partial charge is 0.253 e. The van der Waals surface area contributed by atoms with Gasteiger partial charge in [0.05, 0.1) is 6.10 Å². The van der Waals surface area contributed by atoms with Crippen molar-refractivity contribution < 1.29 is 24.1 Å². The molecular weight excluding hydrogens is 370 g/mol. The number of amides is 1. The van der Waals surface area contributed by atoms with Crippen molar-refractivity contribution in [2.45, 2.75) is 18.9 Å². The van der Waals surface area contributed by atoms with Crippen molar-refractivity contribution in [2.24, 2.45) is 5.92 Å². The van der Waals surface area contributed by atoms with Crippen molar-refractivity contribution in [2.75, 3.05) is 26.5 Å². The van der Waals surface area contributed by atoms with E-state index in [1.165, 1.54) is 0 Å². The minimum Gasteiger partial charge on any atom is -0.490 e. The number of ether oxygens (including phenoxy) is 3. The predicted molar refractivity (Wildman–Crippen MR) is 108 cm³/mol. The molecule has 1 amide bonds. The third-order valence-electron chi connectivity index (χ3n) is 5.40. The third kappa shape index (κ3) is 4.22. The Balaban J connectivity index is 1.42. The highest BCUT2D eigenvalue weighted by Gasteiger charge is 2.30. The lowest BCUT2D eigenvalue weighted by atomic mass is 9.88. The Labute approximate surface area is 170 Å². The van der Waals surface area contributed by atoms with Gasteiger partial charge in [-0.25, -0.2) is 0 Å². The second kappa shape index (κ2) is 8.57. The first-order valence-corrected chi connectivity index (χ1v) is 9.86. The van der Waals surface area contributed by atoms with Crippen molar-refractivity contribution in [3.05, 3.63) is 66.2 Å². The number of likely N-dealkylation sites (tertiary alicyclic amines) is 1. The molecule has 2 aromatic rings. The summed E-state index contributed by atoms with van der Waals surface area (Å²) in [5, 5.41) is 10.9. The molecule has 6 heteroatoms. The van der Waals surface area contributed by atoms with E-state index in [0.29, 0.717) is 42.5 Å². The van der Waals surface area contributed by atoms with Crippen molar-refractivity contribution in [1.82, 2.24) is 4.90 Å². The second-order valence-corrected chi connectivity index (χ2v) is 7.34. The molecule has 4 rings (SSSR count). The summed E-state index contributed by atoms with van der Waals surface area (Å²) in [5.74, 6) is 2.01. The minimum absolute atomic E-state index is 0.0248. The number of nitrogens with zero attached hydrogens (tertiary/aromatic N) is 1. The summed E-state index contributed by atoms with van der Waals surface area (Å²) < 4.78 is 16.2. The quantitative estimate of drug-likeness (QED) is 0.758. The molecule has 0 aliphatic carbocycles. The van der Waals surface area contributed by atoms with Gasteiger partial charge in [0, 0.05) is 24.6 Å². The molecule has 2 aliphatic heterocycles. The minimum atomic E-state index is -0.658. The number of hydrogen-bond acceptors (Lipinski definition) is 5. The lowest BCUT2D eigenvalue weighted by Crippen LogP contribution is -2.41. The Morgan fingerprint density at radius 1 is 1.24 bits per heavy atom. The van der Waals surface area contributed by atoms with Gasteiger partial charge in [0.1, 0.15) is 12.4 Å². The zero-order chi connectivity index (χ0) is 20.2. The normalized spacial score (nSPS) is 18.9. The van der Waals surface area contributed by atoms with Crippen LogP contribution in [-0.4, -0.2) is 42.4 Å². The first-order valence-electron chi connectivity index (χ1n) is 9.86. The third-order valence-corrected chi connectivity index (χ3v) is 5.40. The molecule has 6 nitrogen and oxygen atoms in total. The van der Waals surface area contributed by atoms with Crippen LogP contribution >= 0.6 is 0 Å². The van der Waals surface area contributed by atoms with E-state index in [2.05, 4.69) is 6.58 Å². The highest BCUT2D eigenvalue weighted by atomic mass is 16.7. The van der Waals surface area contributed by atoms with Crippen LogP contribution in [-0.2, 0) is 0 Å². The van der Waals surface area contributed by atoms with Crippen molar-refractivity contribution in [1.29, 1.82) is 0 Å². The average Bonchev–Trinajstić information content (AvgIpc) is 3.25. The first kappa shape index (κ1) is 19.3. The maximum atomic E-state index is 12.9. The highest BCUT2D eigenvalue weighted by molar-refractivity contribution is 5.94. The van der Waals surface area contributed by atoms with Gasteiger partial charge in [0.2, 0.25) is 6.79 Å². The molecular formula is C23H25NO5. The number of aliphatic hydroxyl groups excluding tert-OH is 1. The SMILES string of the molecule is C=CCOc1ccc(C(=O)N2CCC[C@H]([C@H](O)c3ccc4c(c3)OCO4)C2)cc1. The molecule has 0 radical (unpaired) electrons. The van der Waals surface area contributed by atoms with Gasteiger partial charge < -0.3 is 24.2 Å². The molecule has 2 heterocycles. The van der Waals surface area contributed by atoms with Crippen molar-refractivity contribution >= 4 is 5.91 Å². The van der Waals surface area contributed by atoms with Gasteiger partial charge in [-0.1, -0.05) is 18.7 Å². The standard InChI is InChI=1S/C23H25NO5/c1-2-12-27-19-8-5-16(6-9-19)23(26)24-11-3-4-18(14-24)22(25)17-7-10-20-21(13-17)29-15-28-20/h2,5-10,13,18,22,25H,1,3-4,11-12,14-15H2/t18-,22+/m0/s1. The number of benzene rings is 2. The fraction of sp³-hybridized carbons (Fsp3) is 0.348. The fourth-order valence-corrected chi connectivity index (χ4v) is 3.85. The molecule has 0 bridgehead atoms. The summed E-state index contributed by atoms with van der Waals surface area (Å²) in [5.41, 5.74) is 1.41. The molecule has 2 aliphatic rings. The second-order valence-electron chi connectivity index (χ2n) is 7.34. The molecule has 2 atom stereocenters. The van der Waals surface area contributed by atoms with Gasteiger partial charge in [0.15, 0.2) is 11.5 Å². The predicted octanol–water partition coefficient (Wildman–Crippen LogP) is 3.57. The molecule has 0 saturated carbocycles. The molecule has 0 aromatic heterocycles. The Kier molecular flexibility index (Phi) is 5.71. The van der Waals surface area contributed by atoms with E-state index in [4.69, 9.17) is 14.2 Å². The lowest BCUT2D eigenvalue weighted by Gasteiger charge is -2.35. The summed E-state index contributed by atoms with van der Waals surface area (Å²) in [6.45, 7) is 5.47. The van der Waals surface area contributed by atoms with E-state index in [-0.39, 0.29) is 18.6 Å². The molecule has 1 fully saturated rings. The maximum absolute atomic E-state index is 12.9. The van der Waals surface area contributed by atoms with Gasteiger partial charge in [-0.3, -0.25) is 4.79 Å². The van der Waals surface area contributed by atoms with Gasteiger partial charge in [-0.15, -0.1) is 0 Å². The molecule has 2 aromatic carbocycles. The van der Waals surface area contributed by atoms with Gasteiger partial charge in [0.25, 0.3) is 5.91 Å². The summed E-state index contributed by atoms with van der Waals surface area (Å²) >= 11 is 0. The monoisotopic (exact) mass is 395 g/mol. The summed E-state index contributed by atoms with van der Waals surface area (Å²) in [4.78, 5) is 14.8. The number of rotatable bonds is 6. The van der Waals surface area contributed by atoms with Gasteiger partial charge in [-0.05, 0) is 54.8 Å². The number of aliphatic hydroxyl groups is 1. The largest absolute Gasteiger partial charge is 0.490 e. The molecule has 1 saturated heterocycles. The topological polar surface area (TPSA) is 68.2 Å². The van der Waals surface area contributed by atoms with Crippen molar-refractivity contribution in [3.63, 3.8) is 0 Å². The van der Waals surface area contributed by atoms with E-state index < -0.39 is 6.10 Å². The zero-order valence-corrected chi connectivity index (χ0v) is 16.3. The number of fused-ring (bicyclic) bond motifs is 1. The van der Waals surface area contributed by atoms with E-state index >= 15 is 0 Å². The summed E-state index contributed by atoms with van der Waals surface area (Å²) in [6.07, 6.45) is 2.75. The number of carbonyl (C=O) groups is 1. The van der Waals surface area contributed by atoms with Crippen LogP contribution in [0.15, 0.2) is 55.1 Å². The van der Waals surface area contributed by atoms with Crippen LogP contribution in [0.25, 0.3) is 0 Å². The molecule has 152 valence electrons. The number of piperidine rings is 1. The van der Waals surface area contributed by atoms with E-state index in [1.54, 1.807) is 30.3 Å². The Morgan fingerprint density at radius 2 is 2.03 bits per heavy atom. The Bertz CT molecular complexity index is 879. The summed E-state index contributed by atoms with van der Waals surface area (Å²) in [6, 6.07) is 12.6. The van der Waals surface area contributed by atoms with Crippen LogP contribution in [0.1, 0.15) is 34.9 Å². The van der Waals surface area contributed by atoms with Crippen molar-refractivity contribution in [3.8, 4) is 17.2 Å². The molecule has 0 spiro atoms. The first-order chi connectivity index (χ1) is 14.2. The van der Waals surface area contributed by atoms with Crippen LogP contribution < -0.4 is 14.2 Å².